The predicted molar refractivity (Wildman–Crippen MR) is 117 cm³/mol. The number of rotatable bonds is 5. The molecule has 0 radical (unpaired) electrons. The number of anilines is 2. The summed E-state index contributed by atoms with van der Waals surface area (Å²) in [5.74, 6) is 0.999. The summed E-state index contributed by atoms with van der Waals surface area (Å²) in [5, 5.41) is 7.08. The van der Waals surface area contributed by atoms with Crippen LogP contribution < -0.4 is 10.2 Å². The number of hydrogen-bond donors (Lipinski definition) is 1. The molecule has 0 spiro atoms. The van der Waals surface area contributed by atoms with Gasteiger partial charge in [0, 0.05) is 35.8 Å². The lowest BCUT2D eigenvalue weighted by molar-refractivity contribution is -0.122. The summed E-state index contributed by atoms with van der Waals surface area (Å²) in [6.07, 6.45) is 3.58. The molecule has 1 saturated heterocycles. The molecule has 3 aromatic rings. The van der Waals surface area contributed by atoms with Gasteiger partial charge in [0.25, 0.3) is 0 Å². The van der Waals surface area contributed by atoms with E-state index in [0.717, 1.165) is 35.3 Å². The van der Waals surface area contributed by atoms with Crippen LogP contribution in [0.4, 0.5) is 11.4 Å². The van der Waals surface area contributed by atoms with E-state index in [4.69, 9.17) is 4.52 Å². The lowest BCUT2D eigenvalue weighted by Crippen LogP contribution is -2.28. The van der Waals surface area contributed by atoms with Gasteiger partial charge in [0.1, 0.15) is 0 Å². The Morgan fingerprint density at radius 3 is 2.77 bits per heavy atom. The fourth-order valence-electron chi connectivity index (χ4n) is 4.07. The Bertz CT molecular complexity index is 1140. The first-order valence-electron chi connectivity index (χ1n) is 10.7. The number of hydrogen-bond acceptors (Lipinski definition) is 5. The van der Waals surface area contributed by atoms with Gasteiger partial charge in [-0.2, -0.15) is 4.98 Å². The van der Waals surface area contributed by atoms with Gasteiger partial charge in [-0.05, 0) is 43.5 Å². The van der Waals surface area contributed by atoms with Crippen molar-refractivity contribution in [1.82, 2.24) is 10.1 Å². The maximum absolute atomic E-state index is 12.8. The first kappa shape index (κ1) is 19.5. The van der Waals surface area contributed by atoms with E-state index in [1.165, 1.54) is 6.42 Å². The summed E-state index contributed by atoms with van der Waals surface area (Å²) in [6, 6.07) is 15.2. The molecule has 1 aliphatic heterocycles. The highest BCUT2D eigenvalue weighted by Gasteiger charge is 2.35. The normalized spacial score (nSPS) is 18.8. The number of para-hydroxylation sites is 1. The Balaban J connectivity index is 1.31. The molecule has 31 heavy (non-hydrogen) atoms. The molecule has 5 rings (SSSR count). The lowest BCUT2D eigenvalue weighted by atomic mass is 9.85. The first-order chi connectivity index (χ1) is 15.1. The Labute approximate surface area is 180 Å². The van der Waals surface area contributed by atoms with Crippen molar-refractivity contribution in [2.75, 3.05) is 16.8 Å². The van der Waals surface area contributed by atoms with E-state index in [2.05, 4.69) is 15.5 Å². The van der Waals surface area contributed by atoms with Crippen LogP contribution in [0.3, 0.4) is 0 Å². The minimum atomic E-state index is -0.397. The topological polar surface area (TPSA) is 88.3 Å². The van der Waals surface area contributed by atoms with Crippen LogP contribution in [0.1, 0.15) is 43.1 Å². The molecule has 2 amide bonds. The number of aromatic nitrogens is 2. The van der Waals surface area contributed by atoms with Crippen molar-refractivity contribution in [3.63, 3.8) is 0 Å². The van der Waals surface area contributed by atoms with E-state index in [0.29, 0.717) is 24.2 Å². The largest absolute Gasteiger partial charge is 0.339 e. The Hall–Kier alpha value is -3.48. The van der Waals surface area contributed by atoms with Crippen molar-refractivity contribution >= 4 is 23.2 Å². The molecule has 2 heterocycles. The maximum Gasteiger partial charge on any atom is 0.230 e. The second kappa shape index (κ2) is 7.98. The fraction of sp³-hybridized carbons (Fsp3) is 0.333. The average Bonchev–Trinajstić information content (AvgIpc) is 3.36. The van der Waals surface area contributed by atoms with Crippen LogP contribution in [0.25, 0.3) is 11.4 Å². The van der Waals surface area contributed by atoms with Crippen LogP contribution in [0.15, 0.2) is 53.1 Å². The highest BCUT2D eigenvalue weighted by Crippen LogP contribution is 2.36. The van der Waals surface area contributed by atoms with Gasteiger partial charge in [-0.3, -0.25) is 9.59 Å². The molecule has 1 aliphatic carbocycles. The van der Waals surface area contributed by atoms with E-state index in [9.17, 15) is 9.59 Å². The molecule has 2 aliphatic rings. The summed E-state index contributed by atoms with van der Waals surface area (Å²) in [6.45, 7) is 2.29. The zero-order chi connectivity index (χ0) is 21.4. The molecular weight excluding hydrogens is 392 g/mol. The predicted octanol–water partition coefficient (Wildman–Crippen LogP) is 4.30. The van der Waals surface area contributed by atoms with Crippen molar-refractivity contribution in [2.24, 2.45) is 5.92 Å². The highest BCUT2D eigenvalue weighted by molar-refractivity contribution is 6.03. The second-order valence-electron chi connectivity index (χ2n) is 8.34. The Morgan fingerprint density at radius 2 is 2.00 bits per heavy atom. The molecule has 0 bridgehead atoms. The van der Waals surface area contributed by atoms with Gasteiger partial charge in [0.2, 0.25) is 23.5 Å². The van der Waals surface area contributed by atoms with Crippen LogP contribution in [-0.4, -0.2) is 28.5 Å². The monoisotopic (exact) mass is 416 g/mol. The average molecular weight is 416 g/mol. The number of carbonyl (C=O) groups excluding carboxylic acids is 2. The van der Waals surface area contributed by atoms with E-state index in [-0.39, 0.29) is 18.2 Å². The fourth-order valence-corrected chi connectivity index (χ4v) is 4.07. The molecule has 2 aromatic carbocycles. The molecule has 1 N–H and O–H groups in total. The molecule has 1 saturated carbocycles. The van der Waals surface area contributed by atoms with E-state index in [1.807, 2.05) is 55.5 Å². The molecular formula is C24H24N4O3. The third-order valence-corrected chi connectivity index (χ3v) is 6.21. The number of amides is 2. The van der Waals surface area contributed by atoms with Crippen molar-refractivity contribution < 1.29 is 14.1 Å². The standard InChI is InChI=1S/C24H24N4O3/c1-15-6-2-3-11-20(15)25-23(30)18-13-21(29)28(14-18)19-10-5-9-17(12-19)22-26-24(31-27-22)16-7-4-8-16/h2-3,5-6,9-12,16,18H,4,7-8,13-14H2,1H3,(H,25,30)/t18-/m1/s1. The van der Waals surface area contributed by atoms with E-state index >= 15 is 0 Å². The third-order valence-electron chi connectivity index (χ3n) is 6.21. The van der Waals surface area contributed by atoms with E-state index < -0.39 is 5.92 Å². The lowest BCUT2D eigenvalue weighted by Gasteiger charge is -2.20. The number of carbonyl (C=O) groups is 2. The van der Waals surface area contributed by atoms with Gasteiger partial charge in [-0.15, -0.1) is 0 Å². The molecule has 7 nitrogen and oxygen atoms in total. The SMILES string of the molecule is Cc1ccccc1NC(=O)[C@@H]1CC(=O)N(c2cccc(-c3noc(C4CCC4)n3)c2)C1. The Morgan fingerprint density at radius 1 is 1.16 bits per heavy atom. The molecule has 7 heteroatoms. The van der Waals surface area contributed by atoms with Crippen molar-refractivity contribution in [3.05, 3.63) is 60.0 Å². The molecule has 2 fully saturated rings. The summed E-state index contributed by atoms with van der Waals surface area (Å²) < 4.78 is 5.43. The first-order valence-corrected chi connectivity index (χ1v) is 10.7. The quantitative estimate of drug-likeness (QED) is 0.670. The minimum Gasteiger partial charge on any atom is -0.339 e. The summed E-state index contributed by atoms with van der Waals surface area (Å²) in [4.78, 5) is 31.7. The smallest absolute Gasteiger partial charge is 0.230 e. The molecule has 1 aromatic heterocycles. The summed E-state index contributed by atoms with van der Waals surface area (Å²) >= 11 is 0. The highest BCUT2D eigenvalue weighted by atomic mass is 16.5. The third kappa shape index (κ3) is 3.83. The molecule has 158 valence electrons. The zero-order valence-electron chi connectivity index (χ0n) is 17.4. The van der Waals surface area contributed by atoms with Gasteiger partial charge in [-0.25, -0.2) is 0 Å². The van der Waals surface area contributed by atoms with Crippen molar-refractivity contribution in [2.45, 2.75) is 38.5 Å². The van der Waals surface area contributed by atoms with Crippen LogP contribution >= 0.6 is 0 Å². The number of nitrogens with zero attached hydrogens (tertiary/aromatic N) is 3. The van der Waals surface area contributed by atoms with Gasteiger partial charge in [0.15, 0.2) is 0 Å². The number of nitrogens with one attached hydrogen (secondary N) is 1. The van der Waals surface area contributed by atoms with Crippen molar-refractivity contribution in [1.29, 1.82) is 0 Å². The molecule has 1 atom stereocenters. The van der Waals surface area contributed by atoms with Crippen LogP contribution in [0, 0.1) is 12.8 Å². The van der Waals surface area contributed by atoms with Gasteiger partial charge in [-0.1, -0.05) is 41.9 Å². The van der Waals surface area contributed by atoms with Gasteiger partial charge in [0.05, 0.1) is 5.92 Å². The number of aryl methyl sites for hydroxylation is 1. The van der Waals surface area contributed by atoms with E-state index in [1.54, 1.807) is 4.90 Å². The minimum absolute atomic E-state index is 0.0645. The van der Waals surface area contributed by atoms with Crippen LogP contribution in [0.5, 0.6) is 0 Å². The van der Waals surface area contributed by atoms with Gasteiger partial charge >= 0.3 is 0 Å². The second-order valence-corrected chi connectivity index (χ2v) is 8.34. The summed E-state index contributed by atoms with van der Waals surface area (Å²) in [5.41, 5.74) is 3.31. The number of benzene rings is 2. The Kier molecular flexibility index (Phi) is 5.02. The van der Waals surface area contributed by atoms with Crippen LogP contribution in [0.2, 0.25) is 0 Å². The zero-order valence-corrected chi connectivity index (χ0v) is 17.4. The van der Waals surface area contributed by atoms with Gasteiger partial charge < -0.3 is 14.7 Å². The maximum atomic E-state index is 12.8. The molecule has 0 unspecified atom stereocenters. The van der Waals surface area contributed by atoms with Crippen molar-refractivity contribution in [3.8, 4) is 11.4 Å². The van der Waals surface area contributed by atoms with Crippen LogP contribution in [-0.2, 0) is 9.59 Å². The summed E-state index contributed by atoms with van der Waals surface area (Å²) in [7, 11) is 0.